The first-order chi connectivity index (χ1) is 10.3. The van der Waals surface area contributed by atoms with Crippen LogP contribution in [-0.2, 0) is 0 Å². The number of aliphatic hydroxyl groups excluding tert-OH is 1. The predicted molar refractivity (Wildman–Crippen MR) is 85.2 cm³/mol. The van der Waals surface area contributed by atoms with E-state index in [0.29, 0.717) is 18.0 Å². The Hall–Kier alpha value is -2.15. The van der Waals surface area contributed by atoms with Gasteiger partial charge in [-0.15, -0.1) is 0 Å². The van der Waals surface area contributed by atoms with Crippen molar-refractivity contribution in [2.24, 2.45) is 5.92 Å². The van der Waals surface area contributed by atoms with Gasteiger partial charge in [0, 0.05) is 31.9 Å². The van der Waals surface area contributed by atoms with Gasteiger partial charge in [-0.1, -0.05) is 13.8 Å². The fraction of sp³-hybridized carbons (Fsp3) is 0.533. The fourth-order valence-corrected chi connectivity index (χ4v) is 2.22. The third-order valence-corrected chi connectivity index (χ3v) is 3.23. The van der Waals surface area contributed by atoms with Crippen molar-refractivity contribution in [2.75, 3.05) is 25.6 Å². The molecule has 0 aliphatic rings. The Balaban J connectivity index is 3.08. The van der Waals surface area contributed by atoms with Crippen molar-refractivity contribution in [1.82, 2.24) is 5.32 Å². The van der Waals surface area contributed by atoms with E-state index < -0.39 is 10.8 Å². The van der Waals surface area contributed by atoms with Crippen molar-refractivity contribution in [3.05, 3.63) is 33.9 Å². The maximum atomic E-state index is 12.4. The normalized spacial score (nSPS) is 12.1. The number of nitrogens with zero attached hydrogens (tertiary/aromatic N) is 2. The highest BCUT2D eigenvalue weighted by Crippen LogP contribution is 2.24. The summed E-state index contributed by atoms with van der Waals surface area (Å²) in [5, 5.41) is 23.0. The number of non-ortho nitro benzene ring substituents is 1. The molecule has 0 bridgehead atoms. The van der Waals surface area contributed by atoms with Gasteiger partial charge in [-0.2, -0.15) is 0 Å². The minimum atomic E-state index is -0.534. The molecule has 1 aromatic rings. The van der Waals surface area contributed by atoms with Crippen molar-refractivity contribution >= 4 is 17.3 Å². The van der Waals surface area contributed by atoms with Gasteiger partial charge in [-0.25, -0.2) is 0 Å². The molecule has 1 atom stereocenters. The number of amides is 1. The highest BCUT2D eigenvalue weighted by atomic mass is 16.6. The first kappa shape index (κ1) is 17.9. The zero-order valence-corrected chi connectivity index (χ0v) is 13.4. The summed E-state index contributed by atoms with van der Waals surface area (Å²) in [5.74, 6) is -0.108. The highest BCUT2D eigenvalue weighted by Gasteiger charge is 2.20. The van der Waals surface area contributed by atoms with Crippen LogP contribution >= 0.6 is 0 Å². The van der Waals surface area contributed by atoms with Gasteiger partial charge in [-0.05, 0) is 18.4 Å². The Morgan fingerprint density at radius 3 is 2.50 bits per heavy atom. The molecule has 0 saturated heterocycles. The van der Waals surface area contributed by atoms with Crippen LogP contribution in [0.15, 0.2) is 18.2 Å². The molecule has 1 unspecified atom stereocenters. The number of hydrogen-bond donors (Lipinski definition) is 2. The van der Waals surface area contributed by atoms with Gasteiger partial charge >= 0.3 is 0 Å². The average Bonchev–Trinajstić information content (AvgIpc) is 2.44. The Kier molecular flexibility index (Phi) is 6.30. The van der Waals surface area contributed by atoms with Gasteiger partial charge < -0.3 is 15.3 Å². The summed E-state index contributed by atoms with van der Waals surface area (Å²) in [6.07, 6.45) is 0.633. The van der Waals surface area contributed by atoms with E-state index in [1.807, 2.05) is 13.8 Å². The maximum Gasteiger partial charge on any atom is 0.270 e. The lowest BCUT2D eigenvalue weighted by Crippen LogP contribution is -2.39. The molecule has 0 aliphatic carbocycles. The van der Waals surface area contributed by atoms with Gasteiger partial charge in [0.2, 0.25) is 0 Å². The van der Waals surface area contributed by atoms with Gasteiger partial charge in [0.15, 0.2) is 0 Å². The number of nitro benzene ring substituents is 1. The van der Waals surface area contributed by atoms with E-state index >= 15 is 0 Å². The summed E-state index contributed by atoms with van der Waals surface area (Å²) in [7, 11) is 3.52. The van der Waals surface area contributed by atoms with Crippen LogP contribution in [0.5, 0.6) is 0 Å². The zero-order chi connectivity index (χ0) is 16.9. The van der Waals surface area contributed by atoms with E-state index in [4.69, 9.17) is 0 Å². The van der Waals surface area contributed by atoms with Crippen LogP contribution in [0.25, 0.3) is 0 Å². The van der Waals surface area contributed by atoms with Crippen LogP contribution < -0.4 is 10.2 Å². The molecule has 0 heterocycles. The van der Waals surface area contributed by atoms with Crippen LogP contribution in [0.3, 0.4) is 0 Å². The van der Waals surface area contributed by atoms with Crippen LogP contribution in [0.2, 0.25) is 0 Å². The van der Waals surface area contributed by atoms with E-state index in [9.17, 15) is 20.0 Å². The molecule has 0 aromatic heterocycles. The number of aliphatic hydroxyl groups is 1. The number of benzene rings is 1. The van der Waals surface area contributed by atoms with Crippen LogP contribution in [-0.4, -0.2) is 42.7 Å². The standard InChI is InChI=1S/C15H23N3O4/c1-10(2)7-11(9-19)16-15(20)13-8-12(18(21)22)5-6-14(13)17(3)4/h5-6,8,10-11,19H,7,9H2,1-4H3,(H,16,20). The van der Waals surface area contributed by atoms with Gasteiger partial charge in [-0.3, -0.25) is 14.9 Å². The molecule has 22 heavy (non-hydrogen) atoms. The Labute approximate surface area is 130 Å². The zero-order valence-electron chi connectivity index (χ0n) is 13.4. The molecule has 1 amide bonds. The fourth-order valence-electron chi connectivity index (χ4n) is 2.22. The monoisotopic (exact) mass is 309 g/mol. The second-order valence-electron chi connectivity index (χ2n) is 5.84. The van der Waals surface area contributed by atoms with E-state index in [-0.39, 0.29) is 23.9 Å². The number of nitrogens with one attached hydrogen (secondary N) is 1. The van der Waals surface area contributed by atoms with Crippen LogP contribution in [0.4, 0.5) is 11.4 Å². The van der Waals surface area contributed by atoms with E-state index in [1.54, 1.807) is 25.1 Å². The molecule has 122 valence electrons. The van der Waals surface area contributed by atoms with E-state index in [2.05, 4.69) is 5.32 Å². The number of rotatable bonds is 7. The summed E-state index contributed by atoms with van der Waals surface area (Å²) in [4.78, 5) is 24.5. The summed E-state index contributed by atoms with van der Waals surface area (Å²) < 4.78 is 0. The lowest BCUT2D eigenvalue weighted by atomic mass is 10.0. The third kappa shape index (κ3) is 4.70. The van der Waals surface area contributed by atoms with E-state index in [1.165, 1.54) is 12.1 Å². The maximum absolute atomic E-state index is 12.4. The van der Waals surface area contributed by atoms with Gasteiger partial charge in [0.05, 0.1) is 23.1 Å². The first-order valence-electron chi connectivity index (χ1n) is 7.13. The summed E-state index contributed by atoms with van der Waals surface area (Å²) in [5.41, 5.74) is 0.672. The smallest absolute Gasteiger partial charge is 0.270 e. The largest absolute Gasteiger partial charge is 0.394 e. The number of nitro groups is 1. The molecule has 1 rings (SSSR count). The predicted octanol–water partition coefficient (Wildman–Crippen LogP) is 1.80. The summed E-state index contributed by atoms with van der Waals surface area (Å²) in [6.45, 7) is 3.82. The molecular formula is C15H23N3O4. The van der Waals surface area contributed by atoms with Crippen molar-refractivity contribution in [1.29, 1.82) is 0 Å². The second-order valence-corrected chi connectivity index (χ2v) is 5.84. The number of anilines is 1. The number of carbonyl (C=O) groups is 1. The summed E-state index contributed by atoms with van der Waals surface area (Å²) >= 11 is 0. The second kappa shape index (κ2) is 7.74. The highest BCUT2D eigenvalue weighted by molar-refractivity contribution is 6.00. The van der Waals surface area contributed by atoms with Gasteiger partial charge in [0.25, 0.3) is 11.6 Å². The third-order valence-electron chi connectivity index (χ3n) is 3.23. The molecule has 7 nitrogen and oxygen atoms in total. The Morgan fingerprint density at radius 1 is 1.41 bits per heavy atom. The first-order valence-corrected chi connectivity index (χ1v) is 7.13. The Morgan fingerprint density at radius 2 is 2.05 bits per heavy atom. The van der Waals surface area contributed by atoms with Crippen molar-refractivity contribution in [3.8, 4) is 0 Å². The number of carbonyl (C=O) groups excluding carboxylic acids is 1. The summed E-state index contributed by atoms with van der Waals surface area (Å²) in [6, 6.07) is 3.79. The quantitative estimate of drug-likeness (QED) is 0.591. The van der Waals surface area contributed by atoms with Crippen molar-refractivity contribution in [2.45, 2.75) is 26.3 Å². The molecular weight excluding hydrogens is 286 g/mol. The number of hydrogen-bond acceptors (Lipinski definition) is 5. The minimum absolute atomic E-state index is 0.139. The lowest BCUT2D eigenvalue weighted by Gasteiger charge is -2.21. The molecule has 1 aromatic carbocycles. The molecule has 0 radical (unpaired) electrons. The molecule has 0 spiro atoms. The molecule has 0 aliphatic heterocycles. The van der Waals surface area contributed by atoms with E-state index in [0.717, 1.165) is 0 Å². The SMILES string of the molecule is CC(C)CC(CO)NC(=O)c1cc([N+](=O)[O-])ccc1N(C)C. The van der Waals surface area contributed by atoms with Crippen molar-refractivity contribution < 1.29 is 14.8 Å². The lowest BCUT2D eigenvalue weighted by molar-refractivity contribution is -0.384. The van der Waals surface area contributed by atoms with Gasteiger partial charge in [0.1, 0.15) is 0 Å². The average molecular weight is 309 g/mol. The van der Waals surface area contributed by atoms with Crippen LogP contribution in [0, 0.1) is 16.0 Å². The Bertz CT molecular complexity index is 544. The van der Waals surface area contributed by atoms with Crippen LogP contribution in [0.1, 0.15) is 30.6 Å². The molecule has 7 heteroatoms. The minimum Gasteiger partial charge on any atom is -0.394 e. The topological polar surface area (TPSA) is 95.7 Å². The van der Waals surface area contributed by atoms with Crippen molar-refractivity contribution in [3.63, 3.8) is 0 Å². The molecule has 0 saturated carbocycles. The molecule has 2 N–H and O–H groups in total. The molecule has 0 fully saturated rings.